The predicted molar refractivity (Wildman–Crippen MR) is 285 cm³/mol. The highest BCUT2D eigenvalue weighted by molar-refractivity contribution is 5.68. The first kappa shape index (κ1) is 60.9. The van der Waals surface area contributed by atoms with Gasteiger partial charge in [0.15, 0.2) is 18.9 Å². The fraction of sp³-hybridized carbons (Fsp3) is 0.519. The Morgan fingerprint density at radius 1 is 0.646 bits per heavy atom. The first-order chi connectivity index (χ1) is 39.8. The van der Waals surface area contributed by atoms with E-state index >= 15 is 0 Å². The Morgan fingerprint density at radius 3 is 1.80 bits per heavy atom. The Bertz CT molecular complexity index is 2810. The minimum Gasteiger partial charge on any atom is -0.445 e. The number of carbonyl (C=O) groups excluding carboxylic acids is 2. The van der Waals surface area contributed by atoms with Crippen LogP contribution in [0.4, 0.5) is 9.59 Å². The second kappa shape index (κ2) is 29.7. The summed E-state index contributed by atoms with van der Waals surface area (Å²) in [6, 6.07) is 29.7. The van der Waals surface area contributed by atoms with Crippen LogP contribution in [-0.2, 0) is 69.0 Å². The molecule has 3 heterocycles. The zero-order valence-corrected chi connectivity index (χ0v) is 44.4. The molecule has 1 aliphatic carbocycles. The largest absolute Gasteiger partial charge is 0.445 e. The van der Waals surface area contributed by atoms with Crippen molar-refractivity contribution < 1.29 is 77.8 Å². The van der Waals surface area contributed by atoms with Gasteiger partial charge in [0.25, 0.3) is 0 Å². The van der Waals surface area contributed by atoms with Gasteiger partial charge in [0.2, 0.25) is 0 Å². The molecule has 82 heavy (non-hydrogen) atoms. The van der Waals surface area contributed by atoms with Gasteiger partial charge in [0.1, 0.15) is 62.0 Å². The average Bonchev–Trinajstić information content (AvgIpc) is 3.99. The molecule has 8 N–H and O–H groups in total. The van der Waals surface area contributed by atoms with Crippen molar-refractivity contribution in [2.24, 2.45) is 21.1 Å². The molecule has 8 rings (SSSR count). The quantitative estimate of drug-likeness (QED) is 0.0302. The molecule has 2 amide bonds. The van der Waals surface area contributed by atoms with Crippen molar-refractivity contribution in [3.05, 3.63) is 175 Å². The number of hydrogen-bond acceptors (Lipinski definition) is 20. The maximum absolute atomic E-state index is 14.2. The lowest BCUT2D eigenvalue weighted by Gasteiger charge is -2.50. The van der Waals surface area contributed by atoms with Crippen molar-refractivity contribution >= 4 is 12.2 Å². The van der Waals surface area contributed by atoms with Gasteiger partial charge in [-0.2, -0.15) is 0 Å². The molecular weight excluding hydrogens is 1070 g/mol. The van der Waals surface area contributed by atoms with Crippen molar-refractivity contribution in [2.75, 3.05) is 13.2 Å². The van der Waals surface area contributed by atoms with Crippen molar-refractivity contribution in [3.8, 4) is 0 Å². The van der Waals surface area contributed by atoms with Crippen molar-refractivity contribution in [1.82, 2.24) is 10.2 Å². The van der Waals surface area contributed by atoms with Gasteiger partial charge < -0.3 is 79.2 Å². The number of ether oxygens (including phenoxy) is 9. The first-order valence-electron chi connectivity index (χ1n) is 26.6. The van der Waals surface area contributed by atoms with E-state index < -0.39 is 142 Å². The molecule has 0 radical (unpaired) electrons. The Kier molecular flexibility index (Phi) is 22.1. The van der Waals surface area contributed by atoms with E-state index in [9.17, 15) is 46.2 Å². The highest BCUT2D eigenvalue weighted by atomic mass is 16.8. The number of aliphatic hydroxyl groups excluding tert-OH is 5. The summed E-state index contributed by atoms with van der Waals surface area (Å²) in [5.41, 5.74) is 38.1. The number of carbonyl (C=O) groups is 2. The Hall–Kier alpha value is -7.17. The summed E-state index contributed by atoms with van der Waals surface area (Å²) in [6.45, 7) is 0.202. The maximum atomic E-state index is 14.2. The van der Waals surface area contributed by atoms with Crippen LogP contribution in [0.5, 0.6) is 0 Å². The normalized spacial score (nSPS) is 31.9. The van der Waals surface area contributed by atoms with Gasteiger partial charge in [-0.1, -0.05) is 137 Å². The molecule has 1 unspecified atom stereocenters. The van der Waals surface area contributed by atoms with Crippen LogP contribution in [0, 0.1) is 0 Å². The molecule has 4 aromatic carbocycles. The molecule has 438 valence electrons. The third-order valence-corrected chi connectivity index (χ3v) is 14.7. The molecule has 4 aromatic rings. The fourth-order valence-electron chi connectivity index (χ4n) is 10.3. The Morgan fingerprint density at radius 2 is 1.21 bits per heavy atom. The Balaban J connectivity index is 1.13. The molecular formula is C54H66N12O16. The number of alkyl carbamates (subject to hydrolysis) is 1. The standard InChI is InChI=1S/C54H66N12O16/c1-30(66(25-31-14-6-2-7-15-31)54(73)76-29-34-20-12-5-13-21-34)36-23-22-35(61-64-57)50(77-36)81-48-41(60-53(72)75-28-33-18-10-4-11-19-33)47(74-27-32-16-8-3-9-17-32)39(55)43(69)49(48)82-52-45(71)46(38(26-67)79-52)80-51-40(62-65-58)44(70)42(68)37(78-51)24-59-63-56/h2-21,30,35-52,67-71H,22-29,55H2,1H3,(H,60,72)/t30?,35-,36+,37+,38-,39+,40-,41+,42-,43+,44-,45-,46-,47-,48-,49-,50-,51-,52+/m1/s1. The molecule has 0 spiro atoms. The summed E-state index contributed by atoms with van der Waals surface area (Å²) in [5, 5.41) is 70.7. The number of nitrogens with two attached hydrogens (primary N) is 1. The second-order valence-corrected chi connectivity index (χ2v) is 20.0. The van der Waals surface area contributed by atoms with Crippen LogP contribution in [0.25, 0.3) is 31.3 Å². The predicted octanol–water partition coefficient (Wildman–Crippen LogP) is 4.65. The molecule has 1 saturated carbocycles. The summed E-state index contributed by atoms with van der Waals surface area (Å²) in [5.74, 6) is 0. The SMILES string of the molecule is CC([C@@H]1CC[C@@H](N=[N+]=[N-])[C@@H](O[C@@H]2[C@@H](NC(=O)OCc3ccccc3)[C@H](OCc3ccccc3)[C@@H](N)[C@H](O)[C@H]2O[C@@H]2O[C@H](CO)[C@@H](O[C@H]3O[C@@H](CN=[N+]=[N-])[C@@H](O)[C@H](O)[C@H]3N=[N+]=[N-])[C@H]2O)O1)N(Cc1ccccc1)C(=O)OCc1ccccc1. The van der Waals surface area contributed by atoms with E-state index in [1.165, 1.54) is 4.90 Å². The van der Waals surface area contributed by atoms with E-state index in [0.29, 0.717) is 11.1 Å². The fourth-order valence-corrected chi connectivity index (χ4v) is 10.3. The third-order valence-electron chi connectivity index (χ3n) is 14.7. The van der Waals surface area contributed by atoms with Gasteiger partial charge in [-0.3, -0.25) is 4.90 Å². The van der Waals surface area contributed by atoms with Crippen LogP contribution >= 0.6 is 0 Å². The van der Waals surface area contributed by atoms with Crippen LogP contribution in [0.15, 0.2) is 137 Å². The number of aliphatic hydroxyl groups is 5. The highest BCUT2D eigenvalue weighted by Gasteiger charge is 2.57. The topological polar surface area (TPSA) is 406 Å². The lowest BCUT2D eigenvalue weighted by molar-refractivity contribution is -0.302. The van der Waals surface area contributed by atoms with E-state index in [4.69, 9.17) is 53.9 Å². The van der Waals surface area contributed by atoms with E-state index in [0.717, 1.165) is 11.1 Å². The van der Waals surface area contributed by atoms with Crippen LogP contribution in [0.2, 0.25) is 0 Å². The van der Waals surface area contributed by atoms with Gasteiger partial charge in [-0.25, -0.2) is 9.59 Å². The molecule has 3 aliphatic heterocycles. The van der Waals surface area contributed by atoms with Gasteiger partial charge in [0, 0.05) is 21.3 Å². The average molecular weight is 1140 g/mol. The lowest BCUT2D eigenvalue weighted by Crippen LogP contribution is -2.73. The lowest BCUT2D eigenvalue weighted by atomic mass is 9.81. The zero-order valence-electron chi connectivity index (χ0n) is 44.4. The van der Waals surface area contributed by atoms with Crippen molar-refractivity contribution in [3.63, 3.8) is 0 Å². The van der Waals surface area contributed by atoms with E-state index in [1.54, 1.807) is 67.6 Å². The number of benzene rings is 4. The minimum absolute atomic E-state index is 0.0281. The van der Waals surface area contributed by atoms with Crippen molar-refractivity contribution in [2.45, 2.75) is 162 Å². The first-order valence-corrected chi connectivity index (χ1v) is 26.6. The molecule has 0 bridgehead atoms. The van der Waals surface area contributed by atoms with Gasteiger partial charge in [-0.05, 0) is 58.6 Å². The molecule has 4 aliphatic rings. The smallest absolute Gasteiger partial charge is 0.410 e. The maximum Gasteiger partial charge on any atom is 0.410 e. The third kappa shape index (κ3) is 15.3. The molecule has 28 nitrogen and oxygen atoms in total. The molecule has 28 heteroatoms. The zero-order chi connectivity index (χ0) is 58.1. The van der Waals surface area contributed by atoms with Crippen molar-refractivity contribution in [1.29, 1.82) is 0 Å². The van der Waals surface area contributed by atoms with E-state index in [1.807, 2.05) is 60.7 Å². The van der Waals surface area contributed by atoms with Crippen LogP contribution in [-0.4, -0.2) is 172 Å². The van der Waals surface area contributed by atoms with E-state index in [2.05, 4.69) is 35.4 Å². The summed E-state index contributed by atoms with van der Waals surface area (Å²) in [4.78, 5) is 38.3. The van der Waals surface area contributed by atoms with Crippen LogP contribution in [0.3, 0.4) is 0 Å². The second-order valence-electron chi connectivity index (χ2n) is 20.0. The molecule has 3 saturated heterocycles. The molecule has 4 fully saturated rings. The van der Waals surface area contributed by atoms with Gasteiger partial charge in [-0.15, -0.1) is 0 Å². The summed E-state index contributed by atoms with van der Waals surface area (Å²) >= 11 is 0. The van der Waals surface area contributed by atoms with Crippen LogP contribution < -0.4 is 11.1 Å². The van der Waals surface area contributed by atoms with Gasteiger partial charge >= 0.3 is 12.2 Å². The number of azide groups is 3. The summed E-state index contributed by atoms with van der Waals surface area (Å²) in [6.07, 6.45) is -23.8. The number of nitrogens with zero attached hydrogens (tertiary/aromatic N) is 10. The van der Waals surface area contributed by atoms with E-state index in [-0.39, 0.29) is 39.2 Å². The number of rotatable bonds is 23. The minimum atomic E-state index is -1.92. The number of hydrogen-bond donors (Lipinski definition) is 7. The monoisotopic (exact) mass is 1140 g/mol. The number of amides is 2. The molecule has 19 atom stereocenters. The number of nitrogens with one attached hydrogen (secondary N) is 1. The summed E-state index contributed by atoms with van der Waals surface area (Å²) < 4.78 is 56.1. The van der Waals surface area contributed by atoms with Gasteiger partial charge in [0.05, 0.1) is 68.3 Å². The summed E-state index contributed by atoms with van der Waals surface area (Å²) in [7, 11) is 0. The highest BCUT2D eigenvalue weighted by Crippen LogP contribution is 2.38. The molecule has 0 aromatic heterocycles. The Labute approximate surface area is 470 Å². The van der Waals surface area contributed by atoms with Crippen LogP contribution in [0.1, 0.15) is 42.0 Å².